The van der Waals surface area contributed by atoms with E-state index in [0.29, 0.717) is 12.7 Å². The highest BCUT2D eigenvalue weighted by molar-refractivity contribution is 5.42. The lowest BCUT2D eigenvalue weighted by atomic mass is 10.0. The lowest BCUT2D eigenvalue weighted by molar-refractivity contribution is 0.319. The summed E-state index contributed by atoms with van der Waals surface area (Å²) >= 11 is 0. The second kappa shape index (κ2) is 5.72. The van der Waals surface area contributed by atoms with Crippen molar-refractivity contribution in [3.63, 3.8) is 0 Å². The molecule has 0 bridgehead atoms. The van der Waals surface area contributed by atoms with Crippen LogP contribution < -0.4 is 9.47 Å². The lowest BCUT2D eigenvalue weighted by Gasteiger charge is -2.06. The highest BCUT2D eigenvalue weighted by Crippen LogP contribution is 2.38. The number of epoxide rings is 1. The Balaban J connectivity index is 1.43. The third-order valence-electron chi connectivity index (χ3n) is 4.31. The molecule has 0 aliphatic carbocycles. The molecule has 3 nitrogen and oxygen atoms in total. The van der Waals surface area contributed by atoms with Crippen LogP contribution in [0.15, 0.2) is 29.8 Å². The summed E-state index contributed by atoms with van der Waals surface area (Å²) in [6, 6.07) is 6.12. The molecule has 0 amide bonds. The fourth-order valence-corrected chi connectivity index (χ4v) is 2.72. The number of hydrogen-bond acceptors (Lipinski definition) is 3. The van der Waals surface area contributed by atoms with Gasteiger partial charge in [0.05, 0.1) is 18.3 Å². The first-order chi connectivity index (χ1) is 10.0. The van der Waals surface area contributed by atoms with Gasteiger partial charge in [-0.15, -0.1) is 0 Å². The number of allylic oxidation sites excluding steroid dienone is 1. The Morgan fingerprint density at radius 3 is 3.00 bits per heavy atom. The van der Waals surface area contributed by atoms with Gasteiger partial charge >= 0.3 is 0 Å². The highest BCUT2D eigenvalue weighted by atomic mass is 16.6. The van der Waals surface area contributed by atoms with Crippen LogP contribution in [0.3, 0.4) is 0 Å². The molecule has 0 radical (unpaired) electrons. The molecule has 1 fully saturated rings. The van der Waals surface area contributed by atoms with Crippen molar-refractivity contribution in [2.75, 3.05) is 13.2 Å². The fraction of sp³-hybridized carbons (Fsp3) is 0.556. The van der Waals surface area contributed by atoms with Gasteiger partial charge in [0.1, 0.15) is 18.1 Å². The molecule has 1 aromatic carbocycles. The summed E-state index contributed by atoms with van der Waals surface area (Å²) in [7, 11) is 0. The van der Waals surface area contributed by atoms with Crippen molar-refractivity contribution in [2.45, 2.75) is 51.7 Å². The van der Waals surface area contributed by atoms with Crippen LogP contribution in [0.5, 0.6) is 11.5 Å². The van der Waals surface area contributed by atoms with Crippen molar-refractivity contribution in [1.29, 1.82) is 0 Å². The minimum Gasteiger partial charge on any atom is -0.493 e. The zero-order valence-electron chi connectivity index (χ0n) is 13.1. The Kier molecular flexibility index (Phi) is 3.94. The van der Waals surface area contributed by atoms with Gasteiger partial charge in [0.25, 0.3) is 0 Å². The minimum absolute atomic E-state index is 0.0984. The third-order valence-corrected chi connectivity index (χ3v) is 4.31. The summed E-state index contributed by atoms with van der Waals surface area (Å²) in [6.45, 7) is 7.85. The number of ether oxygens (including phenoxy) is 3. The van der Waals surface area contributed by atoms with E-state index in [-0.39, 0.29) is 5.60 Å². The molecule has 0 spiro atoms. The zero-order valence-corrected chi connectivity index (χ0v) is 13.1. The molecule has 2 heterocycles. The Hall–Kier alpha value is -1.48. The molecule has 1 unspecified atom stereocenters. The summed E-state index contributed by atoms with van der Waals surface area (Å²) in [5, 5.41) is 0. The van der Waals surface area contributed by atoms with E-state index in [0.717, 1.165) is 37.4 Å². The lowest BCUT2D eigenvalue weighted by Crippen LogP contribution is -2.03. The molecular formula is C18H24O3. The molecule has 1 aromatic rings. The van der Waals surface area contributed by atoms with Crippen LogP contribution in [0.2, 0.25) is 0 Å². The molecule has 3 heteroatoms. The van der Waals surface area contributed by atoms with Gasteiger partial charge in [-0.25, -0.2) is 0 Å². The van der Waals surface area contributed by atoms with Crippen molar-refractivity contribution >= 4 is 0 Å². The number of fused-ring (bicyclic) bond motifs is 1. The van der Waals surface area contributed by atoms with Crippen LogP contribution in [0.1, 0.15) is 39.2 Å². The largest absolute Gasteiger partial charge is 0.493 e. The first-order valence-electron chi connectivity index (χ1n) is 7.76. The molecule has 1 atom stereocenters. The predicted octanol–water partition coefficient (Wildman–Crippen LogP) is 3.90. The summed E-state index contributed by atoms with van der Waals surface area (Å²) in [4.78, 5) is 0. The number of hydrogen-bond donors (Lipinski definition) is 0. The van der Waals surface area contributed by atoms with E-state index in [1.165, 1.54) is 11.1 Å². The van der Waals surface area contributed by atoms with E-state index in [1.807, 2.05) is 12.1 Å². The number of rotatable bonds is 6. The maximum absolute atomic E-state index is 5.78. The number of benzene rings is 1. The van der Waals surface area contributed by atoms with E-state index < -0.39 is 0 Å². The monoisotopic (exact) mass is 288 g/mol. The van der Waals surface area contributed by atoms with Crippen molar-refractivity contribution in [3.05, 3.63) is 35.4 Å². The quantitative estimate of drug-likeness (QED) is 0.587. The first-order valence-corrected chi connectivity index (χ1v) is 7.76. The molecule has 0 saturated carbocycles. The molecule has 2 aliphatic heterocycles. The fourth-order valence-electron chi connectivity index (χ4n) is 2.72. The summed E-state index contributed by atoms with van der Waals surface area (Å²) in [5.74, 6) is 1.85. The molecule has 1 saturated heterocycles. The highest BCUT2D eigenvalue weighted by Gasteiger charge is 2.46. The van der Waals surface area contributed by atoms with E-state index in [2.05, 4.69) is 32.9 Å². The van der Waals surface area contributed by atoms with E-state index >= 15 is 0 Å². The van der Waals surface area contributed by atoms with Gasteiger partial charge in [-0.1, -0.05) is 11.6 Å². The molecule has 2 aliphatic rings. The van der Waals surface area contributed by atoms with Crippen LogP contribution in [-0.2, 0) is 11.2 Å². The second-order valence-corrected chi connectivity index (χ2v) is 6.48. The van der Waals surface area contributed by atoms with Gasteiger partial charge < -0.3 is 14.2 Å². The molecule has 3 rings (SSSR count). The van der Waals surface area contributed by atoms with Crippen molar-refractivity contribution in [2.24, 2.45) is 0 Å². The van der Waals surface area contributed by atoms with Crippen LogP contribution in [0.4, 0.5) is 0 Å². The van der Waals surface area contributed by atoms with E-state index in [9.17, 15) is 0 Å². The third kappa shape index (κ3) is 3.59. The topological polar surface area (TPSA) is 31.0 Å². The average molecular weight is 288 g/mol. The normalized spacial score (nSPS) is 22.6. The first kappa shape index (κ1) is 14.5. The summed E-state index contributed by atoms with van der Waals surface area (Å²) < 4.78 is 16.9. The van der Waals surface area contributed by atoms with E-state index in [1.54, 1.807) is 0 Å². The zero-order chi connectivity index (χ0) is 14.9. The molecule has 0 aromatic heterocycles. The molecule has 21 heavy (non-hydrogen) atoms. The Morgan fingerprint density at radius 2 is 2.24 bits per heavy atom. The predicted molar refractivity (Wildman–Crippen MR) is 83.1 cm³/mol. The van der Waals surface area contributed by atoms with Crippen LogP contribution >= 0.6 is 0 Å². The summed E-state index contributed by atoms with van der Waals surface area (Å²) in [5.41, 5.74) is 2.74. The van der Waals surface area contributed by atoms with Gasteiger partial charge in [0, 0.05) is 12.5 Å². The molecule has 0 N–H and O–H groups in total. The van der Waals surface area contributed by atoms with Crippen molar-refractivity contribution in [3.8, 4) is 11.5 Å². The maximum Gasteiger partial charge on any atom is 0.126 e. The van der Waals surface area contributed by atoms with Crippen molar-refractivity contribution < 1.29 is 14.2 Å². The Bertz CT molecular complexity index is 545. The van der Waals surface area contributed by atoms with Gasteiger partial charge in [0.15, 0.2) is 0 Å². The minimum atomic E-state index is 0.0984. The van der Waals surface area contributed by atoms with Gasteiger partial charge in [0.2, 0.25) is 0 Å². The Labute approximate surface area is 126 Å². The molecule has 114 valence electrons. The SMILES string of the molecule is CC(=CCOc1ccc2c(c1)OCC2)CCC1OC1(C)C. The van der Waals surface area contributed by atoms with Gasteiger partial charge in [-0.05, 0) is 51.3 Å². The van der Waals surface area contributed by atoms with Gasteiger partial charge in [-0.2, -0.15) is 0 Å². The standard InChI is InChI=1S/C18H24O3/c1-13(4-7-17-18(2,3)21-17)8-10-19-15-6-5-14-9-11-20-16(14)12-15/h5-6,8,12,17H,4,7,9-11H2,1-3H3. The smallest absolute Gasteiger partial charge is 0.126 e. The molecular weight excluding hydrogens is 264 g/mol. The van der Waals surface area contributed by atoms with Crippen LogP contribution in [0, 0.1) is 0 Å². The maximum atomic E-state index is 5.78. The van der Waals surface area contributed by atoms with E-state index in [4.69, 9.17) is 14.2 Å². The average Bonchev–Trinajstić information content (AvgIpc) is 2.86. The van der Waals surface area contributed by atoms with Crippen LogP contribution in [-0.4, -0.2) is 24.9 Å². The second-order valence-electron chi connectivity index (χ2n) is 6.48. The Morgan fingerprint density at radius 1 is 1.43 bits per heavy atom. The summed E-state index contributed by atoms with van der Waals surface area (Å²) in [6.07, 6.45) is 5.76. The van der Waals surface area contributed by atoms with Crippen LogP contribution in [0.25, 0.3) is 0 Å². The van der Waals surface area contributed by atoms with Gasteiger partial charge in [-0.3, -0.25) is 0 Å². The van der Waals surface area contributed by atoms with Crippen molar-refractivity contribution in [1.82, 2.24) is 0 Å².